The van der Waals surface area contributed by atoms with Crippen LogP contribution in [0.3, 0.4) is 0 Å². The van der Waals surface area contributed by atoms with Crippen LogP contribution in [0.15, 0.2) is 28.0 Å². The van der Waals surface area contributed by atoms with Gasteiger partial charge in [-0.3, -0.25) is 0 Å². The van der Waals surface area contributed by atoms with E-state index in [4.69, 9.17) is 0 Å². The fraction of sp³-hybridized carbons (Fsp3) is 0.500. The first-order valence-corrected chi connectivity index (χ1v) is 7.12. The Morgan fingerprint density at radius 1 is 1.00 bits per heavy atom. The van der Waals surface area contributed by atoms with E-state index in [1.54, 1.807) is 0 Å². The maximum Gasteiger partial charge on any atom is 0.0163 e. The summed E-state index contributed by atoms with van der Waals surface area (Å²) >= 11 is 3.80. The molecule has 2 heteroatoms. The van der Waals surface area contributed by atoms with Crippen molar-refractivity contribution in [1.82, 2.24) is 0 Å². The van der Waals surface area contributed by atoms with Gasteiger partial charge in [0.15, 0.2) is 0 Å². The molecule has 0 unspecified atom stereocenters. The number of hydrogen-bond acceptors (Lipinski definition) is 2. The van der Waals surface area contributed by atoms with Crippen LogP contribution in [0.1, 0.15) is 26.7 Å². The van der Waals surface area contributed by atoms with E-state index < -0.39 is 0 Å². The number of benzene rings is 1. The number of hydrogen-bond donors (Lipinski definition) is 0. The summed E-state index contributed by atoms with van der Waals surface area (Å²) in [7, 11) is 0. The molecule has 0 spiro atoms. The molecule has 1 rings (SSSR count). The van der Waals surface area contributed by atoms with Gasteiger partial charge >= 0.3 is 0 Å². The standard InChI is InChI=1S/C12H17S2/c1-3-8-13-11-6-5-7-12(10-11)14-9-4-2/h5-7H,3-4,8-9H2,1-2H3. The van der Waals surface area contributed by atoms with E-state index in [2.05, 4.69) is 38.1 Å². The first kappa shape index (κ1) is 12.0. The van der Waals surface area contributed by atoms with Crippen LogP contribution in [-0.2, 0) is 0 Å². The van der Waals surface area contributed by atoms with Crippen LogP contribution < -0.4 is 0 Å². The van der Waals surface area contributed by atoms with Crippen molar-refractivity contribution in [3.8, 4) is 0 Å². The Morgan fingerprint density at radius 3 is 1.93 bits per heavy atom. The quantitative estimate of drug-likeness (QED) is 0.654. The van der Waals surface area contributed by atoms with E-state index in [9.17, 15) is 0 Å². The second-order valence-corrected chi connectivity index (χ2v) is 5.35. The van der Waals surface area contributed by atoms with Gasteiger partial charge in [0.25, 0.3) is 0 Å². The summed E-state index contributed by atoms with van der Waals surface area (Å²) in [6, 6.07) is 9.87. The topological polar surface area (TPSA) is 0 Å². The van der Waals surface area contributed by atoms with Gasteiger partial charge in [0.1, 0.15) is 0 Å². The molecule has 1 aromatic rings. The Bertz CT molecular complexity index is 235. The fourth-order valence-corrected chi connectivity index (χ4v) is 2.65. The third kappa shape index (κ3) is 4.43. The third-order valence-corrected chi connectivity index (χ3v) is 3.99. The van der Waals surface area contributed by atoms with Crippen molar-refractivity contribution in [2.24, 2.45) is 0 Å². The van der Waals surface area contributed by atoms with Gasteiger partial charge < -0.3 is 0 Å². The van der Waals surface area contributed by atoms with Gasteiger partial charge in [0.2, 0.25) is 0 Å². The lowest BCUT2D eigenvalue weighted by Gasteiger charge is -2.02. The molecular weight excluding hydrogens is 208 g/mol. The minimum absolute atomic E-state index is 1.19. The van der Waals surface area contributed by atoms with Gasteiger partial charge in [-0.05, 0) is 36.5 Å². The van der Waals surface area contributed by atoms with E-state index in [1.807, 2.05) is 23.5 Å². The fourth-order valence-electron chi connectivity index (χ4n) is 1.02. The molecule has 0 bridgehead atoms. The zero-order chi connectivity index (χ0) is 10.2. The lowest BCUT2D eigenvalue weighted by atomic mass is 10.4. The van der Waals surface area contributed by atoms with E-state index in [0.29, 0.717) is 0 Å². The Labute approximate surface area is 95.9 Å². The Kier molecular flexibility index (Phi) is 6.20. The van der Waals surface area contributed by atoms with Crippen molar-refractivity contribution in [3.63, 3.8) is 0 Å². The first-order chi connectivity index (χ1) is 6.86. The zero-order valence-electron chi connectivity index (χ0n) is 8.88. The van der Waals surface area contributed by atoms with Crippen LogP contribution in [0.25, 0.3) is 0 Å². The van der Waals surface area contributed by atoms with Crippen LogP contribution in [-0.4, -0.2) is 11.5 Å². The summed E-state index contributed by atoms with van der Waals surface area (Å²) in [5.41, 5.74) is 0. The smallest absolute Gasteiger partial charge is 0.0163 e. The lowest BCUT2D eigenvalue weighted by molar-refractivity contribution is 1.10. The molecule has 0 heterocycles. The van der Waals surface area contributed by atoms with Crippen LogP contribution in [0.2, 0.25) is 0 Å². The maximum atomic E-state index is 3.44. The Morgan fingerprint density at radius 2 is 1.50 bits per heavy atom. The molecule has 0 aliphatic carbocycles. The van der Waals surface area contributed by atoms with E-state index >= 15 is 0 Å². The molecule has 0 N–H and O–H groups in total. The Balaban J connectivity index is 2.50. The van der Waals surface area contributed by atoms with Gasteiger partial charge in [-0.25, -0.2) is 0 Å². The number of rotatable bonds is 6. The van der Waals surface area contributed by atoms with Gasteiger partial charge in [0, 0.05) is 15.9 Å². The molecule has 0 atom stereocenters. The second-order valence-electron chi connectivity index (χ2n) is 3.08. The molecule has 14 heavy (non-hydrogen) atoms. The minimum atomic E-state index is 1.19. The van der Waals surface area contributed by atoms with Gasteiger partial charge in [-0.15, -0.1) is 23.5 Å². The highest BCUT2D eigenvalue weighted by Crippen LogP contribution is 2.24. The average molecular weight is 225 g/mol. The highest BCUT2D eigenvalue weighted by Gasteiger charge is 1.97. The summed E-state index contributed by atoms with van der Waals surface area (Å²) in [6.07, 6.45) is 2.45. The highest BCUT2D eigenvalue weighted by atomic mass is 32.2. The molecule has 0 aliphatic rings. The molecular formula is C12H17S2. The Hall–Kier alpha value is -0.0800. The molecule has 0 saturated heterocycles. The predicted molar refractivity (Wildman–Crippen MR) is 67.3 cm³/mol. The molecule has 1 radical (unpaired) electrons. The van der Waals surface area contributed by atoms with Crippen molar-refractivity contribution in [3.05, 3.63) is 24.3 Å². The van der Waals surface area contributed by atoms with Crippen LogP contribution in [0.5, 0.6) is 0 Å². The van der Waals surface area contributed by atoms with Crippen LogP contribution >= 0.6 is 23.5 Å². The highest BCUT2D eigenvalue weighted by molar-refractivity contribution is 8.00. The van der Waals surface area contributed by atoms with E-state index in [-0.39, 0.29) is 0 Å². The maximum absolute atomic E-state index is 3.44. The number of thioether (sulfide) groups is 2. The third-order valence-electron chi connectivity index (χ3n) is 1.66. The first-order valence-electron chi connectivity index (χ1n) is 5.14. The molecule has 0 aliphatic heterocycles. The predicted octanol–water partition coefficient (Wildman–Crippen LogP) is 4.49. The summed E-state index contributed by atoms with van der Waals surface area (Å²) in [6.45, 7) is 4.42. The molecule has 0 fully saturated rings. The van der Waals surface area contributed by atoms with Gasteiger partial charge in [-0.2, -0.15) is 0 Å². The van der Waals surface area contributed by atoms with Gasteiger partial charge in [0.05, 0.1) is 0 Å². The SMILES string of the molecule is CCCSc1[c]c(SCCC)ccc1. The monoisotopic (exact) mass is 225 g/mol. The summed E-state index contributed by atoms with van der Waals surface area (Å²) in [5, 5.41) is 0. The zero-order valence-corrected chi connectivity index (χ0v) is 10.5. The largest absolute Gasteiger partial charge is 0.125 e. The van der Waals surface area contributed by atoms with Crippen molar-refractivity contribution >= 4 is 23.5 Å². The average Bonchev–Trinajstić information content (AvgIpc) is 2.24. The second kappa shape index (κ2) is 7.24. The molecule has 0 aromatic heterocycles. The van der Waals surface area contributed by atoms with Crippen molar-refractivity contribution < 1.29 is 0 Å². The molecule has 1 aromatic carbocycles. The van der Waals surface area contributed by atoms with Crippen molar-refractivity contribution in [2.75, 3.05) is 11.5 Å². The lowest BCUT2D eigenvalue weighted by Crippen LogP contribution is -1.80. The van der Waals surface area contributed by atoms with Crippen molar-refractivity contribution in [1.29, 1.82) is 0 Å². The van der Waals surface area contributed by atoms with Crippen LogP contribution in [0.4, 0.5) is 0 Å². The van der Waals surface area contributed by atoms with Gasteiger partial charge in [-0.1, -0.05) is 19.9 Å². The van der Waals surface area contributed by atoms with E-state index in [1.165, 1.54) is 34.1 Å². The van der Waals surface area contributed by atoms with E-state index in [0.717, 1.165) is 0 Å². The summed E-state index contributed by atoms with van der Waals surface area (Å²) in [5.74, 6) is 2.39. The van der Waals surface area contributed by atoms with Crippen LogP contribution in [0, 0.1) is 6.07 Å². The summed E-state index contributed by atoms with van der Waals surface area (Å²) in [4.78, 5) is 2.57. The normalized spacial score (nSPS) is 10.4. The molecule has 0 nitrogen and oxygen atoms in total. The molecule has 0 amide bonds. The minimum Gasteiger partial charge on any atom is -0.125 e. The molecule has 0 saturated carbocycles. The van der Waals surface area contributed by atoms with Crippen molar-refractivity contribution in [2.45, 2.75) is 36.5 Å². The summed E-state index contributed by atoms with van der Waals surface area (Å²) < 4.78 is 0. The molecule has 77 valence electrons.